The number of hydrogen-bond acceptors (Lipinski definition) is 3. The molecule has 1 amide bonds. The number of carbonyl (C=O) groups is 1. The third-order valence-electron chi connectivity index (χ3n) is 2.81. The molecule has 0 saturated carbocycles. The first-order valence-electron chi connectivity index (χ1n) is 6.22. The number of nitrogens with one attached hydrogen (secondary N) is 1. The fourth-order valence-electron chi connectivity index (χ4n) is 1.87. The first kappa shape index (κ1) is 13.5. The average molecular weight is 228 g/mol. The van der Waals surface area contributed by atoms with E-state index in [0.717, 1.165) is 19.5 Å². The molecule has 4 heteroatoms. The number of hydrogen-bond donors (Lipinski definition) is 1. The van der Waals surface area contributed by atoms with Crippen molar-refractivity contribution < 1.29 is 9.53 Å². The Hall–Kier alpha value is -0.610. The molecular weight excluding hydrogens is 204 g/mol. The van der Waals surface area contributed by atoms with E-state index in [2.05, 4.69) is 19.2 Å². The molecule has 0 radical (unpaired) electrons. The Morgan fingerprint density at radius 2 is 2.31 bits per heavy atom. The summed E-state index contributed by atoms with van der Waals surface area (Å²) < 4.78 is 5.31. The summed E-state index contributed by atoms with van der Waals surface area (Å²) >= 11 is 0. The van der Waals surface area contributed by atoms with Gasteiger partial charge in [0, 0.05) is 19.0 Å². The van der Waals surface area contributed by atoms with Crippen molar-refractivity contribution in [2.75, 3.05) is 26.3 Å². The molecule has 0 aromatic carbocycles. The van der Waals surface area contributed by atoms with E-state index in [1.54, 1.807) is 0 Å². The maximum Gasteiger partial charge on any atom is 0.223 e. The van der Waals surface area contributed by atoms with E-state index in [-0.39, 0.29) is 11.9 Å². The molecule has 1 aliphatic rings. The summed E-state index contributed by atoms with van der Waals surface area (Å²) in [5.74, 6) is 0.265. The molecule has 4 nitrogen and oxygen atoms in total. The van der Waals surface area contributed by atoms with Crippen molar-refractivity contribution in [3.63, 3.8) is 0 Å². The standard InChI is InChI=1S/C12H24N2O2/c1-10(2)13-6-4-5-12(15)14-7-8-16-9-11(14)3/h10-11,13H,4-9H2,1-3H3/t11-/m1/s1. The number of nitrogens with zero attached hydrogens (tertiary/aromatic N) is 1. The highest BCUT2D eigenvalue weighted by atomic mass is 16.5. The lowest BCUT2D eigenvalue weighted by molar-refractivity contribution is -0.139. The Kier molecular flexibility index (Phi) is 5.77. The monoisotopic (exact) mass is 228 g/mol. The maximum atomic E-state index is 11.9. The quantitative estimate of drug-likeness (QED) is 0.714. The molecule has 0 aliphatic carbocycles. The van der Waals surface area contributed by atoms with Gasteiger partial charge in [-0.05, 0) is 19.9 Å². The number of rotatable bonds is 5. The summed E-state index contributed by atoms with van der Waals surface area (Å²) in [7, 11) is 0. The van der Waals surface area contributed by atoms with Gasteiger partial charge in [0.25, 0.3) is 0 Å². The maximum absolute atomic E-state index is 11.9. The van der Waals surface area contributed by atoms with Crippen LogP contribution < -0.4 is 5.32 Å². The van der Waals surface area contributed by atoms with Crippen molar-refractivity contribution in [1.82, 2.24) is 10.2 Å². The van der Waals surface area contributed by atoms with Gasteiger partial charge < -0.3 is 15.0 Å². The van der Waals surface area contributed by atoms with Gasteiger partial charge in [-0.25, -0.2) is 0 Å². The van der Waals surface area contributed by atoms with Crippen LogP contribution in [-0.4, -0.2) is 49.2 Å². The van der Waals surface area contributed by atoms with Gasteiger partial charge in [0.15, 0.2) is 0 Å². The number of carbonyl (C=O) groups excluding carboxylic acids is 1. The van der Waals surface area contributed by atoms with Gasteiger partial charge in [0.05, 0.1) is 19.3 Å². The number of amides is 1. The van der Waals surface area contributed by atoms with Crippen molar-refractivity contribution in [1.29, 1.82) is 0 Å². The topological polar surface area (TPSA) is 41.6 Å². The molecule has 94 valence electrons. The van der Waals surface area contributed by atoms with Crippen LogP contribution in [0.25, 0.3) is 0 Å². The molecule has 16 heavy (non-hydrogen) atoms. The molecule has 0 aromatic rings. The first-order valence-corrected chi connectivity index (χ1v) is 6.22. The number of morpholine rings is 1. The highest BCUT2D eigenvalue weighted by molar-refractivity contribution is 5.76. The van der Waals surface area contributed by atoms with E-state index >= 15 is 0 Å². The van der Waals surface area contributed by atoms with Crippen LogP contribution in [0.5, 0.6) is 0 Å². The van der Waals surface area contributed by atoms with Crippen molar-refractivity contribution in [3.8, 4) is 0 Å². The molecule has 1 heterocycles. The molecule has 0 bridgehead atoms. The van der Waals surface area contributed by atoms with Crippen LogP contribution in [0.1, 0.15) is 33.6 Å². The van der Waals surface area contributed by atoms with Crippen molar-refractivity contribution in [3.05, 3.63) is 0 Å². The minimum absolute atomic E-state index is 0.235. The van der Waals surface area contributed by atoms with Gasteiger partial charge in [-0.1, -0.05) is 13.8 Å². The smallest absolute Gasteiger partial charge is 0.223 e. The first-order chi connectivity index (χ1) is 7.61. The van der Waals surface area contributed by atoms with Crippen LogP contribution >= 0.6 is 0 Å². The lowest BCUT2D eigenvalue weighted by Gasteiger charge is -2.33. The van der Waals surface area contributed by atoms with Gasteiger partial charge in [0.1, 0.15) is 0 Å². The highest BCUT2D eigenvalue weighted by Gasteiger charge is 2.22. The summed E-state index contributed by atoms with van der Waals surface area (Å²) in [4.78, 5) is 13.8. The summed E-state index contributed by atoms with van der Waals surface area (Å²) in [5.41, 5.74) is 0. The molecule has 1 atom stereocenters. The Morgan fingerprint density at radius 3 is 2.94 bits per heavy atom. The lowest BCUT2D eigenvalue weighted by Crippen LogP contribution is -2.47. The Balaban J connectivity index is 2.18. The van der Waals surface area contributed by atoms with Crippen molar-refractivity contribution >= 4 is 5.91 Å². The molecule has 1 fully saturated rings. The largest absolute Gasteiger partial charge is 0.377 e. The predicted molar refractivity (Wildman–Crippen MR) is 64.4 cm³/mol. The van der Waals surface area contributed by atoms with Crippen LogP contribution in [-0.2, 0) is 9.53 Å². The van der Waals surface area contributed by atoms with E-state index < -0.39 is 0 Å². The normalized spacial score (nSPS) is 21.5. The van der Waals surface area contributed by atoms with E-state index in [1.165, 1.54) is 0 Å². The second-order valence-electron chi connectivity index (χ2n) is 4.72. The van der Waals surface area contributed by atoms with Gasteiger partial charge >= 0.3 is 0 Å². The SMILES string of the molecule is CC(C)NCCCC(=O)N1CCOC[C@H]1C. The molecule has 1 saturated heterocycles. The molecule has 1 aliphatic heterocycles. The van der Waals surface area contributed by atoms with Crippen LogP contribution in [0, 0.1) is 0 Å². The van der Waals surface area contributed by atoms with Crippen LogP contribution in [0.15, 0.2) is 0 Å². The van der Waals surface area contributed by atoms with Crippen molar-refractivity contribution in [2.45, 2.75) is 45.7 Å². The second kappa shape index (κ2) is 6.86. The Labute approximate surface area is 98.3 Å². The summed E-state index contributed by atoms with van der Waals surface area (Å²) in [6.07, 6.45) is 1.56. The van der Waals surface area contributed by atoms with Crippen LogP contribution in [0.2, 0.25) is 0 Å². The van der Waals surface area contributed by atoms with Gasteiger partial charge in [-0.2, -0.15) is 0 Å². The third-order valence-corrected chi connectivity index (χ3v) is 2.81. The van der Waals surface area contributed by atoms with E-state index in [9.17, 15) is 4.79 Å². The summed E-state index contributed by atoms with van der Waals surface area (Å²) in [6.45, 7) is 9.30. The summed E-state index contributed by atoms with van der Waals surface area (Å²) in [6, 6.07) is 0.733. The van der Waals surface area contributed by atoms with E-state index in [1.807, 2.05) is 11.8 Å². The zero-order valence-electron chi connectivity index (χ0n) is 10.7. The fourth-order valence-corrected chi connectivity index (χ4v) is 1.87. The van der Waals surface area contributed by atoms with Crippen LogP contribution in [0.3, 0.4) is 0 Å². The van der Waals surface area contributed by atoms with Gasteiger partial charge in [-0.3, -0.25) is 4.79 Å². The van der Waals surface area contributed by atoms with E-state index in [4.69, 9.17) is 4.74 Å². The van der Waals surface area contributed by atoms with Crippen LogP contribution in [0.4, 0.5) is 0 Å². The zero-order valence-corrected chi connectivity index (χ0v) is 10.7. The number of ether oxygens (including phenoxy) is 1. The predicted octanol–water partition coefficient (Wildman–Crippen LogP) is 1.01. The second-order valence-corrected chi connectivity index (χ2v) is 4.72. The van der Waals surface area contributed by atoms with Gasteiger partial charge in [-0.15, -0.1) is 0 Å². The molecule has 1 rings (SSSR count). The molecular formula is C12H24N2O2. The molecule has 0 unspecified atom stereocenters. The zero-order chi connectivity index (χ0) is 12.0. The van der Waals surface area contributed by atoms with E-state index in [0.29, 0.717) is 25.7 Å². The average Bonchev–Trinajstić information content (AvgIpc) is 2.24. The van der Waals surface area contributed by atoms with Crippen molar-refractivity contribution in [2.24, 2.45) is 0 Å². The molecule has 0 spiro atoms. The molecule has 1 N–H and O–H groups in total. The fraction of sp³-hybridized carbons (Fsp3) is 0.917. The minimum Gasteiger partial charge on any atom is -0.377 e. The Morgan fingerprint density at radius 1 is 1.56 bits per heavy atom. The molecule has 0 aromatic heterocycles. The Bertz CT molecular complexity index is 219. The minimum atomic E-state index is 0.235. The summed E-state index contributed by atoms with van der Waals surface area (Å²) in [5, 5.41) is 3.32. The third kappa shape index (κ3) is 4.49. The lowest BCUT2D eigenvalue weighted by atomic mass is 10.2. The van der Waals surface area contributed by atoms with Gasteiger partial charge in [0.2, 0.25) is 5.91 Å². The highest BCUT2D eigenvalue weighted by Crippen LogP contribution is 2.08.